The van der Waals surface area contributed by atoms with Gasteiger partial charge in [0.05, 0.1) is 20.3 Å². The fraction of sp³-hybridized carbons (Fsp3) is 0.524. The summed E-state index contributed by atoms with van der Waals surface area (Å²) >= 11 is 0. The first-order chi connectivity index (χ1) is 12.3. The second-order valence-corrected chi connectivity index (χ2v) is 8.76. The summed E-state index contributed by atoms with van der Waals surface area (Å²) in [5.41, 5.74) is -0.188. The number of aromatic hydroxyl groups is 1. The van der Waals surface area contributed by atoms with Crippen molar-refractivity contribution in [3.05, 3.63) is 29.3 Å². The molecule has 0 unspecified atom stereocenters. The molecule has 0 bridgehead atoms. The smallest absolute Gasteiger partial charge is 0.345 e. The molecule has 27 heavy (non-hydrogen) atoms. The Bertz CT molecular complexity index is 672. The monoisotopic (exact) mass is 378 g/mol. The zero-order valence-corrected chi connectivity index (χ0v) is 17.2. The Kier molecular flexibility index (Phi) is 7.46. The molecule has 150 valence electrons. The van der Waals surface area contributed by atoms with Crippen molar-refractivity contribution >= 4 is 18.0 Å². The molecule has 6 heteroatoms. The minimum atomic E-state index is -0.754. The lowest BCUT2D eigenvalue weighted by molar-refractivity contribution is -0.149. The van der Waals surface area contributed by atoms with Crippen LogP contribution in [-0.4, -0.2) is 37.4 Å². The number of hydrogen-bond donors (Lipinski definition) is 1. The van der Waals surface area contributed by atoms with E-state index in [0.29, 0.717) is 5.56 Å². The Morgan fingerprint density at radius 2 is 1.44 bits per heavy atom. The van der Waals surface area contributed by atoms with E-state index in [1.807, 2.05) is 41.5 Å². The molecule has 0 spiro atoms. The molecule has 1 rings (SSSR count). The van der Waals surface area contributed by atoms with E-state index in [-0.39, 0.29) is 41.1 Å². The summed E-state index contributed by atoms with van der Waals surface area (Å²) in [4.78, 5) is 25.0. The van der Waals surface area contributed by atoms with Crippen LogP contribution in [0.15, 0.2) is 23.8 Å². The highest BCUT2D eigenvalue weighted by Crippen LogP contribution is 2.27. The Balaban J connectivity index is 3.16. The van der Waals surface area contributed by atoms with Crippen molar-refractivity contribution in [2.75, 3.05) is 20.3 Å². The maximum atomic E-state index is 12.5. The molecule has 0 saturated carbocycles. The lowest BCUT2D eigenvalue weighted by atomic mass is 9.98. The van der Waals surface area contributed by atoms with Gasteiger partial charge in [0.25, 0.3) is 0 Å². The van der Waals surface area contributed by atoms with E-state index < -0.39 is 11.9 Å². The summed E-state index contributed by atoms with van der Waals surface area (Å²) in [5, 5.41) is 9.71. The molecule has 1 N–H and O–H groups in total. The Hall–Kier alpha value is -2.50. The largest absolute Gasteiger partial charge is 0.504 e. The SMILES string of the molecule is COc1cc(C=C(C(=O)OCC(C)(C)C)C(=O)OCC(C)(C)C)ccc1O. The molecule has 0 amide bonds. The summed E-state index contributed by atoms with van der Waals surface area (Å²) in [6.45, 7) is 11.9. The molecule has 0 heterocycles. The summed E-state index contributed by atoms with van der Waals surface area (Å²) in [6.07, 6.45) is 1.37. The van der Waals surface area contributed by atoms with E-state index in [9.17, 15) is 14.7 Å². The first-order valence-electron chi connectivity index (χ1n) is 8.75. The van der Waals surface area contributed by atoms with E-state index in [0.717, 1.165) is 0 Å². The fourth-order valence-corrected chi connectivity index (χ4v) is 1.87. The van der Waals surface area contributed by atoms with Crippen LogP contribution >= 0.6 is 0 Å². The molecule has 0 radical (unpaired) electrons. The molecular weight excluding hydrogens is 348 g/mol. The maximum Gasteiger partial charge on any atom is 0.345 e. The first kappa shape index (κ1) is 22.5. The van der Waals surface area contributed by atoms with E-state index in [2.05, 4.69) is 0 Å². The second kappa shape index (κ2) is 8.93. The fourth-order valence-electron chi connectivity index (χ4n) is 1.87. The zero-order chi connectivity index (χ0) is 20.8. The van der Waals surface area contributed by atoms with Crippen LogP contribution < -0.4 is 4.74 Å². The molecule has 1 aromatic carbocycles. The number of benzene rings is 1. The van der Waals surface area contributed by atoms with Crippen molar-refractivity contribution in [3.8, 4) is 11.5 Å². The molecule has 0 aliphatic heterocycles. The van der Waals surface area contributed by atoms with Gasteiger partial charge in [-0.05, 0) is 34.6 Å². The highest BCUT2D eigenvalue weighted by Gasteiger charge is 2.25. The van der Waals surface area contributed by atoms with Crippen LogP contribution in [0.3, 0.4) is 0 Å². The molecule has 0 aromatic heterocycles. The highest BCUT2D eigenvalue weighted by atomic mass is 16.6. The number of rotatable bonds is 6. The molecular formula is C21H30O6. The Morgan fingerprint density at radius 1 is 0.963 bits per heavy atom. The zero-order valence-electron chi connectivity index (χ0n) is 17.2. The number of phenols is 1. The summed E-state index contributed by atoms with van der Waals surface area (Å²) in [5.74, 6) is -1.32. The maximum absolute atomic E-state index is 12.5. The Morgan fingerprint density at radius 3 is 1.85 bits per heavy atom. The lowest BCUT2D eigenvalue weighted by Crippen LogP contribution is -2.25. The third-order valence-electron chi connectivity index (χ3n) is 3.23. The van der Waals surface area contributed by atoms with Gasteiger partial charge in [-0.2, -0.15) is 0 Å². The minimum Gasteiger partial charge on any atom is -0.504 e. The quantitative estimate of drug-likeness (QED) is 0.349. The van der Waals surface area contributed by atoms with E-state index >= 15 is 0 Å². The molecule has 1 aromatic rings. The van der Waals surface area contributed by atoms with E-state index in [4.69, 9.17) is 14.2 Å². The van der Waals surface area contributed by atoms with Gasteiger partial charge >= 0.3 is 11.9 Å². The number of carbonyl (C=O) groups is 2. The summed E-state index contributed by atoms with van der Waals surface area (Å²) < 4.78 is 15.6. The van der Waals surface area contributed by atoms with Gasteiger partial charge in [0.1, 0.15) is 5.57 Å². The van der Waals surface area contributed by atoms with E-state index in [1.54, 1.807) is 6.07 Å². The third kappa shape index (κ3) is 8.15. The standard InChI is InChI=1S/C21H30O6/c1-20(2,3)12-26-18(23)15(19(24)27-13-21(4,5)6)10-14-8-9-16(22)17(11-14)25-7/h8-11,22H,12-13H2,1-7H3. The van der Waals surface area contributed by atoms with Crippen molar-refractivity contribution < 1.29 is 28.9 Å². The van der Waals surface area contributed by atoms with E-state index in [1.165, 1.54) is 25.3 Å². The number of esters is 2. The average Bonchev–Trinajstić information content (AvgIpc) is 2.55. The normalized spacial score (nSPS) is 11.5. The predicted octanol–water partition coefficient (Wildman–Crippen LogP) is 3.96. The molecule has 0 aliphatic rings. The van der Waals surface area contributed by atoms with Gasteiger partial charge in [-0.15, -0.1) is 0 Å². The molecule has 0 aliphatic carbocycles. The topological polar surface area (TPSA) is 82.1 Å². The number of hydrogen-bond acceptors (Lipinski definition) is 6. The van der Waals surface area contributed by atoms with Gasteiger partial charge in [-0.1, -0.05) is 47.6 Å². The molecule has 0 saturated heterocycles. The van der Waals surface area contributed by atoms with Crippen molar-refractivity contribution in [1.82, 2.24) is 0 Å². The number of methoxy groups -OCH3 is 1. The Labute approximate surface area is 161 Å². The van der Waals surface area contributed by atoms with Gasteiger partial charge in [0.2, 0.25) is 0 Å². The predicted molar refractivity (Wildman–Crippen MR) is 103 cm³/mol. The van der Waals surface area contributed by atoms with Crippen LogP contribution in [0, 0.1) is 10.8 Å². The number of carbonyl (C=O) groups excluding carboxylic acids is 2. The van der Waals surface area contributed by atoms with Crippen LogP contribution in [0.2, 0.25) is 0 Å². The summed E-state index contributed by atoms with van der Waals surface area (Å²) in [6, 6.07) is 4.50. The lowest BCUT2D eigenvalue weighted by Gasteiger charge is -2.20. The van der Waals surface area contributed by atoms with Crippen molar-refractivity contribution in [1.29, 1.82) is 0 Å². The van der Waals surface area contributed by atoms with Gasteiger partial charge in [-0.3, -0.25) is 0 Å². The second-order valence-electron chi connectivity index (χ2n) is 8.76. The average molecular weight is 378 g/mol. The van der Waals surface area contributed by atoms with Gasteiger partial charge in [0.15, 0.2) is 11.5 Å². The number of ether oxygens (including phenoxy) is 3. The third-order valence-corrected chi connectivity index (χ3v) is 3.23. The van der Waals surface area contributed by atoms with Crippen LogP contribution in [0.4, 0.5) is 0 Å². The molecule has 0 fully saturated rings. The summed E-state index contributed by atoms with van der Waals surface area (Å²) in [7, 11) is 1.42. The van der Waals surface area contributed by atoms with Crippen molar-refractivity contribution in [2.45, 2.75) is 41.5 Å². The highest BCUT2D eigenvalue weighted by molar-refractivity contribution is 6.17. The molecule has 0 atom stereocenters. The molecule has 6 nitrogen and oxygen atoms in total. The van der Waals surface area contributed by atoms with Crippen LogP contribution in [0.25, 0.3) is 6.08 Å². The van der Waals surface area contributed by atoms with Crippen LogP contribution in [0.5, 0.6) is 11.5 Å². The van der Waals surface area contributed by atoms with Crippen LogP contribution in [0.1, 0.15) is 47.1 Å². The van der Waals surface area contributed by atoms with Crippen molar-refractivity contribution in [2.24, 2.45) is 10.8 Å². The van der Waals surface area contributed by atoms with Gasteiger partial charge in [0, 0.05) is 0 Å². The van der Waals surface area contributed by atoms with Crippen molar-refractivity contribution in [3.63, 3.8) is 0 Å². The van der Waals surface area contributed by atoms with Crippen LogP contribution in [-0.2, 0) is 19.1 Å². The van der Waals surface area contributed by atoms with Gasteiger partial charge in [-0.25, -0.2) is 9.59 Å². The first-order valence-corrected chi connectivity index (χ1v) is 8.75. The van der Waals surface area contributed by atoms with Gasteiger partial charge < -0.3 is 19.3 Å². The minimum absolute atomic E-state index is 0.0400. The number of phenolic OH excluding ortho intramolecular Hbond substituents is 1.